The van der Waals surface area contributed by atoms with Crippen molar-refractivity contribution in [3.63, 3.8) is 0 Å². The highest BCUT2D eigenvalue weighted by Gasteiger charge is 2.36. The molecule has 0 bridgehead atoms. The van der Waals surface area contributed by atoms with E-state index in [1.54, 1.807) is 16.8 Å². The van der Waals surface area contributed by atoms with Crippen LogP contribution in [0.15, 0.2) is 42.7 Å². The Balaban J connectivity index is 1.66. The van der Waals surface area contributed by atoms with Gasteiger partial charge in [-0.1, -0.05) is 0 Å². The number of aryl methyl sites for hydroxylation is 1. The van der Waals surface area contributed by atoms with Crippen LogP contribution >= 0.6 is 0 Å². The van der Waals surface area contributed by atoms with E-state index >= 15 is 0 Å². The molecule has 8 heteroatoms. The predicted molar refractivity (Wildman–Crippen MR) is 123 cm³/mol. The summed E-state index contributed by atoms with van der Waals surface area (Å²) in [4.78, 5) is 23.5. The molecular formula is C24H26N6O2. The third-order valence-corrected chi connectivity index (χ3v) is 6.21. The lowest BCUT2D eigenvalue weighted by Gasteiger charge is -2.32. The van der Waals surface area contributed by atoms with Crippen LogP contribution in [0.25, 0.3) is 22.4 Å². The third kappa shape index (κ3) is 3.23. The smallest absolute Gasteiger partial charge is 0.335 e. The molecule has 0 saturated carbocycles. The maximum atomic E-state index is 11.5. The van der Waals surface area contributed by atoms with Gasteiger partial charge in [-0.2, -0.15) is 5.10 Å². The fourth-order valence-corrected chi connectivity index (χ4v) is 4.78. The zero-order valence-electron chi connectivity index (χ0n) is 18.7. The number of carboxylic acid groups (broad SMARTS) is 1. The van der Waals surface area contributed by atoms with Crippen LogP contribution in [0, 0.1) is 0 Å². The molecule has 0 atom stereocenters. The van der Waals surface area contributed by atoms with Crippen LogP contribution in [0.5, 0.6) is 0 Å². The number of hydrogen-bond donors (Lipinski definition) is 1. The molecule has 32 heavy (non-hydrogen) atoms. The highest BCUT2D eigenvalue weighted by molar-refractivity contribution is 5.93. The summed E-state index contributed by atoms with van der Waals surface area (Å²) in [5.74, 6) is 0.826. The Bertz CT molecular complexity index is 1350. The number of rotatable bonds is 5. The van der Waals surface area contributed by atoms with E-state index < -0.39 is 5.97 Å². The molecule has 1 aliphatic rings. The largest absolute Gasteiger partial charge is 0.478 e. The van der Waals surface area contributed by atoms with E-state index in [0.717, 1.165) is 41.4 Å². The van der Waals surface area contributed by atoms with Crippen LogP contribution in [-0.4, -0.2) is 47.5 Å². The molecule has 164 valence electrons. The average Bonchev–Trinajstić information content (AvgIpc) is 3.39. The number of carbonyl (C=O) groups is 1. The Labute approximate surface area is 186 Å². The second-order valence-corrected chi connectivity index (χ2v) is 8.95. The van der Waals surface area contributed by atoms with E-state index in [0.29, 0.717) is 12.1 Å². The highest BCUT2D eigenvalue weighted by Crippen LogP contribution is 2.39. The Morgan fingerprint density at radius 2 is 2.03 bits per heavy atom. The summed E-state index contributed by atoms with van der Waals surface area (Å²) in [5, 5.41) is 13.9. The van der Waals surface area contributed by atoms with Crippen LogP contribution in [0.1, 0.15) is 42.4 Å². The predicted octanol–water partition coefficient (Wildman–Crippen LogP) is 3.74. The minimum Gasteiger partial charge on any atom is -0.478 e. The molecule has 1 N–H and O–H groups in total. The standard InChI is InChI=1S/C24H26N6O2/c1-5-30-21-16(12-24(30,2)3)10-17(13-25-21)22-26-19-11-15(23(31)32)6-7-20(19)29(22)14-18-8-9-28(4)27-18/h6-11,13H,5,12,14H2,1-4H3,(H,31,32). The molecule has 8 nitrogen and oxygen atoms in total. The molecule has 0 aliphatic carbocycles. The first-order valence-electron chi connectivity index (χ1n) is 10.8. The van der Waals surface area contributed by atoms with Crippen molar-refractivity contribution < 1.29 is 9.90 Å². The average molecular weight is 431 g/mol. The number of carboxylic acids is 1. The number of aromatic nitrogens is 5. The Hall–Kier alpha value is -3.68. The maximum Gasteiger partial charge on any atom is 0.335 e. The van der Waals surface area contributed by atoms with E-state index in [9.17, 15) is 9.90 Å². The number of aromatic carboxylic acids is 1. The molecule has 0 unspecified atom stereocenters. The quantitative estimate of drug-likeness (QED) is 0.519. The van der Waals surface area contributed by atoms with Gasteiger partial charge in [-0.25, -0.2) is 14.8 Å². The molecule has 0 fully saturated rings. The van der Waals surface area contributed by atoms with E-state index in [2.05, 4.69) is 41.4 Å². The summed E-state index contributed by atoms with van der Waals surface area (Å²) in [6.07, 6.45) is 4.70. The number of imidazole rings is 1. The van der Waals surface area contributed by atoms with Gasteiger partial charge in [-0.15, -0.1) is 0 Å². The van der Waals surface area contributed by atoms with Gasteiger partial charge in [-0.05, 0) is 63.1 Å². The van der Waals surface area contributed by atoms with Gasteiger partial charge in [0.1, 0.15) is 11.6 Å². The third-order valence-electron chi connectivity index (χ3n) is 6.21. The first-order valence-corrected chi connectivity index (χ1v) is 10.8. The highest BCUT2D eigenvalue weighted by atomic mass is 16.4. The van der Waals surface area contributed by atoms with Gasteiger partial charge in [0.25, 0.3) is 0 Å². The summed E-state index contributed by atoms with van der Waals surface area (Å²) in [7, 11) is 1.89. The molecule has 0 spiro atoms. The van der Waals surface area contributed by atoms with E-state index in [1.165, 1.54) is 5.56 Å². The number of hydrogen-bond acceptors (Lipinski definition) is 5. The topological polar surface area (TPSA) is 89.1 Å². The van der Waals surface area contributed by atoms with Gasteiger partial charge in [0, 0.05) is 37.1 Å². The van der Waals surface area contributed by atoms with Crippen molar-refractivity contribution >= 4 is 22.8 Å². The molecule has 0 amide bonds. The number of fused-ring (bicyclic) bond motifs is 2. The summed E-state index contributed by atoms with van der Waals surface area (Å²) in [5.41, 5.74) is 4.78. The lowest BCUT2D eigenvalue weighted by Crippen LogP contribution is -2.41. The lowest BCUT2D eigenvalue weighted by atomic mass is 9.99. The summed E-state index contributed by atoms with van der Waals surface area (Å²) < 4.78 is 3.86. The minimum atomic E-state index is -0.964. The first kappa shape index (κ1) is 20.2. The number of pyridine rings is 1. The van der Waals surface area contributed by atoms with Gasteiger partial charge in [0.15, 0.2) is 0 Å². The van der Waals surface area contributed by atoms with Crippen LogP contribution in [-0.2, 0) is 20.0 Å². The molecule has 5 rings (SSSR count). The van der Waals surface area contributed by atoms with Crippen molar-refractivity contribution in [2.24, 2.45) is 7.05 Å². The van der Waals surface area contributed by atoms with Crippen molar-refractivity contribution in [1.29, 1.82) is 0 Å². The summed E-state index contributed by atoms with van der Waals surface area (Å²) in [6, 6.07) is 9.21. The molecule has 0 saturated heterocycles. The van der Waals surface area contributed by atoms with Crippen LogP contribution < -0.4 is 4.90 Å². The van der Waals surface area contributed by atoms with Crippen molar-refractivity contribution in [2.75, 3.05) is 11.4 Å². The number of benzene rings is 1. The molecule has 3 aromatic heterocycles. The Kier molecular flexibility index (Phi) is 4.54. The second kappa shape index (κ2) is 7.19. The lowest BCUT2D eigenvalue weighted by molar-refractivity contribution is 0.0697. The van der Waals surface area contributed by atoms with Gasteiger partial charge in [-0.3, -0.25) is 4.68 Å². The number of anilines is 1. The van der Waals surface area contributed by atoms with Crippen molar-refractivity contribution in [2.45, 2.75) is 39.3 Å². The minimum absolute atomic E-state index is 0.0210. The normalized spacial score (nSPS) is 14.8. The van der Waals surface area contributed by atoms with Gasteiger partial charge in [0.05, 0.1) is 28.8 Å². The van der Waals surface area contributed by atoms with Gasteiger partial charge < -0.3 is 14.6 Å². The van der Waals surface area contributed by atoms with Crippen molar-refractivity contribution in [1.82, 2.24) is 24.3 Å². The molecule has 1 aliphatic heterocycles. The molecular weight excluding hydrogens is 404 g/mol. The Morgan fingerprint density at radius 1 is 1.22 bits per heavy atom. The zero-order chi connectivity index (χ0) is 22.6. The van der Waals surface area contributed by atoms with Gasteiger partial charge >= 0.3 is 5.97 Å². The molecule has 4 heterocycles. The summed E-state index contributed by atoms with van der Waals surface area (Å²) in [6.45, 7) is 8.06. The molecule has 4 aromatic rings. The fourth-order valence-electron chi connectivity index (χ4n) is 4.78. The van der Waals surface area contributed by atoms with Crippen LogP contribution in [0.4, 0.5) is 5.82 Å². The number of nitrogens with zero attached hydrogens (tertiary/aromatic N) is 6. The molecule has 0 radical (unpaired) electrons. The van der Waals surface area contributed by atoms with Crippen LogP contribution in [0.3, 0.4) is 0 Å². The van der Waals surface area contributed by atoms with E-state index in [1.807, 2.05) is 31.6 Å². The zero-order valence-corrected chi connectivity index (χ0v) is 18.7. The Morgan fingerprint density at radius 3 is 2.72 bits per heavy atom. The summed E-state index contributed by atoms with van der Waals surface area (Å²) >= 11 is 0. The van der Waals surface area contributed by atoms with Gasteiger partial charge in [0.2, 0.25) is 0 Å². The van der Waals surface area contributed by atoms with E-state index in [-0.39, 0.29) is 11.1 Å². The number of likely N-dealkylation sites (N-methyl/N-ethyl adjacent to an activating group) is 1. The van der Waals surface area contributed by atoms with Crippen molar-refractivity contribution in [3.8, 4) is 11.4 Å². The van der Waals surface area contributed by atoms with Crippen LogP contribution in [0.2, 0.25) is 0 Å². The SMILES string of the molecule is CCN1c2ncc(-c3nc4cc(C(=O)O)ccc4n3Cc3ccn(C)n3)cc2CC1(C)C. The fraction of sp³-hybridized carbons (Fsp3) is 0.333. The monoisotopic (exact) mass is 430 g/mol. The molecule has 1 aromatic carbocycles. The van der Waals surface area contributed by atoms with Crippen molar-refractivity contribution in [3.05, 3.63) is 59.5 Å². The maximum absolute atomic E-state index is 11.5. The first-order chi connectivity index (χ1) is 15.3. The van der Waals surface area contributed by atoms with E-state index in [4.69, 9.17) is 9.97 Å². The second-order valence-electron chi connectivity index (χ2n) is 8.95.